The summed E-state index contributed by atoms with van der Waals surface area (Å²) in [6.07, 6.45) is 1.91. The molecule has 0 amide bonds. The van der Waals surface area contributed by atoms with Crippen LogP contribution in [0.2, 0.25) is 0 Å². The molecule has 2 heterocycles. The maximum absolute atomic E-state index is 9.10. The smallest absolute Gasteiger partial charge is 0.414 e. The van der Waals surface area contributed by atoms with Crippen molar-refractivity contribution in [2.45, 2.75) is 18.3 Å². The van der Waals surface area contributed by atoms with Crippen LogP contribution >= 0.6 is 0 Å². The van der Waals surface area contributed by atoms with Gasteiger partial charge in [0.1, 0.15) is 0 Å². The molecule has 1 aliphatic rings. The third-order valence-electron chi connectivity index (χ3n) is 5.83. The molecule has 3 aromatic carbocycles. The van der Waals surface area contributed by atoms with Gasteiger partial charge in [0.25, 0.3) is 0 Å². The second-order valence-corrected chi connectivity index (χ2v) is 7.76. The van der Waals surface area contributed by atoms with Crippen LogP contribution in [0, 0.1) is 0 Å². The van der Waals surface area contributed by atoms with Gasteiger partial charge >= 0.3 is 11.9 Å². The fourth-order valence-electron chi connectivity index (χ4n) is 4.18. The molecule has 1 saturated heterocycles. The third-order valence-corrected chi connectivity index (χ3v) is 5.83. The van der Waals surface area contributed by atoms with Gasteiger partial charge in [-0.15, -0.1) is 0 Å². The van der Waals surface area contributed by atoms with Crippen molar-refractivity contribution in [1.29, 1.82) is 0 Å². The van der Waals surface area contributed by atoms with Crippen LogP contribution in [0.15, 0.2) is 77.3 Å². The highest BCUT2D eigenvalue weighted by atomic mass is 16.5. The Morgan fingerprint density at radius 1 is 0.848 bits per heavy atom. The zero-order valence-electron chi connectivity index (χ0n) is 17.8. The van der Waals surface area contributed by atoms with Gasteiger partial charge in [-0.05, 0) is 42.3 Å². The van der Waals surface area contributed by atoms with Gasteiger partial charge in [0.05, 0.1) is 5.41 Å². The number of aliphatic carboxylic acids is 2. The maximum Gasteiger partial charge on any atom is 0.414 e. The number of piperidine rings is 1. The largest absolute Gasteiger partial charge is 0.473 e. The molecule has 8 nitrogen and oxygen atoms in total. The molecule has 0 saturated carbocycles. The van der Waals surface area contributed by atoms with E-state index in [1.807, 2.05) is 24.3 Å². The van der Waals surface area contributed by atoms with Crippen LogP contribution in [0.25, 0.3) is 22.2 Å². The summed E-state index contributed by atoms with van der Waals surface area (Å²) in [4.78, 5) is 23.1. The number of aromatic nitrogens is 2. The van der Waals surface area contributed by atoms with Gasteiger partial charge in [-0.1, -0.05) is 78.0 Å². The van der Waals surface area contributed by atoms with Crippen LogP contribution in [0.1, 0.15) is 24.3 Å². The van der Waals surface area contributed by atoms with Crippen LogP contribution in [0.4, 0.5) is 0 Å². The van der Waals surface area contributed by atoms with E-state index in [1.165, 1.54) is 10.9 Å². The zero-order valence-corrected chi connectivity index (χ0v) is 17.8. The summed E-state index contributed by atoms with van der Waals surface area (Å²) in [7, 11) is 0. The molecular weight excluding hydrogens is 422 g/mol. The number of carboxylic acids is 2. The Kier molecular flexibility index (Phi) is 6.46. The molecule has 3 N–H and O–H groups in total. The Morgan fingerprint density at radius 2 is 1.48 bits per heavy atom. The number of benzene rings is 3. The van der Waals surface area contributed by atoms with Crippen molar-refractivity contribution in [2.24, 2.45) is 0 Å². The lowest BCUT2D eigenvalue weighted by molar-refractivity contribution is -0.159. The number of hydrogen-bond acceptors (Lipinski definition) is 6. The minimum Gasteiger partial charge on any atom is -0.473 e. The van der Waals surface area contributed by atoms with Crippen LogP contribution in [0.3, 0.4) is 0 Å². The van der Waals surface area contributed by atoms with E-state index in [0.29, 0.717) is 5.82 Å². The number of hydrogen-bond donors (Lipinski definition) is 3. The second-order valence-electron chi connectivity index (χ2n) is 7.76. The molecular formula is C25H23N3O5. The fourth-order valence-corrected chi connectivity index (χ4v) is 4.18. The highest BCUT2D eigenvalue weighted by Gasteiger charge is 2.41. The molecule has 0 bridgehead atoms. The first-order valence-electron chi connectivity index (χ1n) is 10.6. The van der Waals surface area contributed by atoms with E-state index in [2.05, 4.69) is 59.0 Å². The average molecular weight is 445 g/mol. The van der Waals surface area contributed by atoms with Crippen molar-refractivity contribution >= 4 is 22.7 Å². The van der Waals surface area contributed by atoms with E-state index in [-0.39, 0.29) is 5.41 Å². The Labute approximate surface area is 189 Å². The predicted octanol–water partition coefficient (Wildman–Crippen LogP) is 3.71. The molecule has 1 fully saturated rings. The van der Waals surface area contributed by atoms with Crippen LogP contribution in [0.5, 0.6) is 0 Å². The number of carbonyl (C=O) groups is 2. The molecule has 33 heavy (non-hydrogen) atoms. The number of nitrogens with zero attached hydrogens (tertiary/aromatic N) is 2. The summed E-state index contributed by atoms with van der Waals surface area (Å²) >= 11 is 0. The number of carboxylic acid groups (broad SMARTS) is 2. The molecule has 0 radical (unpaired) electrons. The quantitative estimate of drug-likeness (QED) is 0.408. The van der Waals surface area contributed by atoms with E-state index < -0.39 is 11.9 Å². The van der Waals surface area contributed by atoms with E-state index >= 15 is 0 Å². The second kappa shape index (κ2) is 9.62. The van der Waals surface area contributed by atoms with Crippen molar-refractivity contribution in [3.63, 3.8) is 0 Å². The Morgan fingerprint density at radius 3 is 2.18 bits per heavy atom. The normalized spacial score (nSPS) is 14.8. The molecule has 168 valence electrons. The fraction of sp³-hybridized carbons (Fsp3) is 0.200. The zero-order chi connectivity index (χ0) is 23.3. The summed E-state index contributed by atoms with van der Waals surface area (Å²) in [5.41, 5.74) is 2.04. The first-order chi connectivity index (χ1) is 16.0. The molecule has 5 rings (SSSR count). The maximum atomic E-state index is 9.10. The van der Waals surface area contributed by atoms with Gasteiger partial charge in [0.15, 0.2) is 0 Å². The molecule has 0 unspecified atom stereocenters. The SMILES string of the molecule is O=C(O)C(=O)O.c1ccc(C2(c3nc(-c4cccc5ccccc45)no3)CCNCC2)cc1. The first-order valence-corrected chi connectivity index (χ1v) is 10.6. The standard InChI is InChI=1S/C23H21N3O.C2H2O4/c1-2-9-18(10-3-1)23(13-15-24-16-14-23)22-25-21(26-27-22)20-12-6-8-17-7-4-5-11-19(17)20;3-1(4)2(5)6/h1-12,24H,13-16H2;(H,3,4)(H,5,6). The van der Waals surface area contributed by atoms with Crippen molar-refractivity contribution in [2.75, 3.05) is 13.1 Å². The minimum atomic E-state index is -1.82. The van der Waals surface area contributed by atoms with E-state index in [4.69, 9.17) is 29.3 Å². The summed E-state index contributed by atoms with van der Waals surface area (Å²) < 4.78 is 5.88. The monoisotopic (exact) mass is 445 g/mol. The molecule has 0 spiro atoms. The lowest BCUT2D eigenvalue weighted by atomic mass is 9.73. The van der Waals surface area contributed by atoms with E-state index in [0.717, 1.165) is 42.8 Å². The summed E-state index contributed by atoms with van der Waals surface area (Å²) in [6.45, 7) is 1.89. The molecule has 4 aromatic rings. The minimum absolute atomic E-state index is 0.220. The Balaban J connectivity index is 0.000000385. The molecule has 1 aromatic heterocycles. The first kappa shape index (κ1) is 22.2. The van der Waals surface area contributed by atoms with Crippen LogP contribution in [-0.2, 0) is 15.0 Å². The third kappa shape index (κ3) is 4.61. The van der Waals surface area contributed by atoms with Crippen molar-refractivity contribution in [3.8, 4) is 11.4 Å². The van der Waals surface area contributed by atoms with Crippen molar-refractivity contribution < 1.29 is 24.3 Å². The van der Waals surface area contributed by atoms with Gasteiger partial charge in [0, 0.05) is 5.56 Å². The molecule has 1 aliphatic heterocycles. The predicted molar refractivity (Wildman–Crippen MR) is 122 cm³/mol. The lowest BCUT2D eigenvalue weighted by Crippen LogP contribution is -2.41. The van der Waals surface area contributed by atoms with Crippen molar-refractivity contribution in [3.05, 3.63) is 84.3 Å². The molecule has 0 aliphatic carbocycles. The van der Waals surface area contributed by atoms with Gasteiger partial charge in [-0.2, -0.15) is 4.98 Å². The van der Waals surface area contributed by atoms with Gasteiger partial charge in [-0.25, -0.2) is 9.59 Å². The highest BCUT2D eigenvalue weighted by Crippen LogP contribution is 2.40. The van der Waals surface area contributed by atoms with Crippen LogP contribution < -0.4 is 5.32 Å². The number of fused-ring (bicyclic) bond motifs is 1. The molecule has 8 heteroatoms. The average Bonchev–Trinajstić information content (AvgIpc) is 3.36. The van der Waals surface area contributed by atoms with Gasteiger partial charge in [-0.3, -0.25) is 0 Å². The van der Waals surface area contributed by atoms with Gasteiger partial charge < -0.3 is 20.1 Å². The number of nitrogens with one attached hydrogen (secondary N) is 1. The summed E-state index contributed by atoms with van der Waals surface area (Å²) in [5.74, 6) is -2.27. The molecule has 0 atom stereocenters. The van der Waals surface area contributed by atoms with Crippen LogP contribution in [-0.4, -0.2) is 45.4 Å². The topological polar surface area (TPSA) is 126 Å². The van der Waals surface area contributed by atoms with Gasteiger partial charge in [0.2, 0.25) is 11.7 Å². The van der Waals surface area contributed by atoms with Crippen molar-refractivity contribution in [1.82, 2.24) is 15.5 Å². The highest BCUT2D eigenvalue weighted by molar-refractivity contribution is 6.27. The lowest BCUT2D eigenvalue weighted by Gasteiger charge is -2.34. The summed E-state index contributed by atoms with van der Waals surface area (Å²) in [6, 6.07) is 25.1. The Bertz CT molecular complexity index is 1250. The number of rotatable bonds is 3. The van der Waals surface area contributed by atoms with E-state index in [1.54, 1.807) is 0 Å². The Hall–Kier alpha value is -4.04. The summed E-state index contributed by atoms with van der Waals surface area (Å²) in [5, 5.41) is 24.9. The van der Waals surface area contributed by atoms with E-state index in [9.17, 15) is 0 Å².